The normalized spacial score (nSPS) is 11.0. The fourth-order valence-corrected chi connectivity index (χ4v) is 1.81. The molecule has 5 heteroatoms. The van der Waals surface area contributed by atoms with Crippen molar-refractivity contribution in [3.05, 3.63) is 23.9 Å². The molecule has 0 aliphatic heterocycles. The molecule has 21 heavy (non-hydrogen) atoms. The van der Waals surface area contributed by atoms with Crippen molar-refractivity contribution in [2.24, 2.45) is 0 Å². The zero-order chi connectivity index (χ0) is 15.7. The van der Waals surface area contributed by atoms with Gasteiger partial charge in [-0.3, -0.25) is 4.79 Å². The number of pyridine rings is 1. The Morgan fingerprint density at radius 3 is 2.81 bits per heavy atom. The lowest BCUT2D eigenvalue weighted by Crippen LogP contribution is -2.31. The molecule has 0 aliphatic rings. The Hall–Kier alpha value is -1.62. The van der Waals surface area contributed by atoms with E-state index in [1.54, 1.807) is 18.3 Å². The van der Waals surface area contributed by atoms with Crippen LogP contribution in [0.2, 0.25) is 0 Å². The van der Waals surface area contributed by atoms with E-state index in [9.17, 15) is 4.79 Å². The van der Waals surface area contributed by atoms with E-state index >= 15 is 0 Å². The Kier molecular flexibility index (Phi) is 7.75. The number of nitrogens with zero attached hydrogens (tertiary/aromatic N) is 2. The molecule has 2 N–H and O–H groups in total. The van der Waals surface area contributed by atoms with Crippen molar-refractivity contribution in [3.63, 3.8) is 0 Å². The largest absolute Gasteiger partial charge is 0.370 e. The van der Waals surface area contributed by atoms with Gasteiger partial charge in [0.1, 0.15) is 5.82 Å². The van der Waals surface area contributed by atoms with Crippen LogP contribution in [-0.2, 0) is 0 Å². The predicted octanol–water partition coefficient (Wildman–Crippen LogP) is 2.36. The second-order valence-electron chi connectivity index (χ2n) is 5.54. The van der Waals surface area contributed by atoms with Crippen LogP contribution in [0.15, 0.2) is 18.3 Å². The van der Waals surface area contributed by atoms with E-state index < -0.39 is 0 Å². The quantitative estimate of drug-likeness (QED) is 0.686. The van der Waals surface area contributed by atoms with Crippen LogP contribution in [0.3, 0.4) is 0 Å². The Morgan fingerprint density at radius 2 is 2.14 bits per heavy atom. The third-order valence-electron chi connectivity index (χ3n) is 3.43. The Bertz CT molecular complexity index is 434. The van der Waals surface area contributed by atoms with E-state index in [-0.39, 0.29) is 5.91 Å². The number of hydrogen-bond donors (Lipinski definition) is 2. The number of carbonyl (C=O) groups is 1. The minimum Gasteiger partial charge on any atom is -0.370 e. The summed E-state index contributed by atoms with van der Waals surface area (Å²) in [6.07, 6.45) is 3.65. The zero-order valence-electron chi connectivity index (χ0n) is 13.6. The van der Waals surface area contributed by atoms with E-state index in [2.05, 4.69) is 48.3 Å². The first-order valence-electron chi connectivity index (χ1n) is 7.73. The number of anilines is 1. The summed E-state index contributed by atoms with van der Waals surface area (Å²) < 4.78 is 0. The van der Waals surface area contributed by atoms with Crippen molar-refractivity contribution in [1.82, 2.24) is 15.2 Å². The number of hydrogen-bond acceptors (Lipinski definition) is 4. The van der Waals surface area contributed by atoms with Crippen LogP contribution < -0.4 is 10.6 Å². The third kappa shape index (κ3) is 6.58. The second kappa shape index (κ2) is 9.34. The minimum atomic E-state index is -0.0378. The fourth-order valence-electron chi connectivity index (χ4n) is 1.81. The Morgan fingerprint density at radius 1 is 1.38 bits per heavy atom. The number of rotatable bonds is 9. The topological polar surface area (TPSA) is 57.3 Å². The molecule has 0 saturated heterocycles. The summed E-state index contributed by atoms with van der Waals surface area (Å²) in [4.78, 5) is 18.5. The molecule has 1 aromatic rings. The van der Waals surface area contributed by atoms with Gasteiger partial charge in [-0.15, -0.1) is 0 Å². The van der Waals surface area contributed by atoms with Gasteiger partial charge in [-0.25, -0.2) is 4.98 Å². The molecule has 1 rings (SSSR count). The van der Waals surface area contributed by atoms with E-state index in [0.29, 0.717) is 18.2 Å². The van der Waals surface area contributed by atoms with Gasteiger partial charge >= 0.3 is 0 Å². The van der Waals surface area contributed by atoms with Crippen molar-refractivity contribution in [1.29, 1.82) is 0 Å². The van der Waals surface area contributed by atoms with Crippen LogP contribution in [0.4, 0.5) is 5.82 Å². The molecule has 1 aromatic heterocycles. The first-order chi connectivity index (χ1) is 10.0. The van der Waals surface area contributed by atoms with E-state index in [0.717, 1.165) is 31.7 Å². The van der Waals surface area contributed by atoms with Gasteiger partial charge in [0, 0.05) is 30.9 Å². The second-order valence-corrected chi connectivity index (χ2v) is 5.54. The average Bonchev–Trinajstić information content (AvgIpc) is 2.49. The van der Waals surface area contributed by atoms with Crippen LogP contribution in [0, 0.1) is 0 Å². The molecule has 118 valence electrons. The number of amides is 1. The lowest BCUT2D eigenvalue weighted by Gasteiger charge is -2.20. The highest BCUT2D eigenvalue weighted by atomic mass is 16.1. The molecule has 1 amide bonds. The molecule has 0 unspecified atom stereocenters. The fraction of sp³-hybridized carbons (Fsp3) is 0.625. The third-order valence-corrected chi connectivity index (χ3v) is 3.43. The van der Waals surface area contributed by atoms with Gasteiger partial charge in [-0.2, -0.15) is 0 Å². The summed E-state index contributed by atoms with van der Waals surface area (Å²) in [5.74, 6) is 0.716. The van der Waals surface area contributed by atoms with Crippen LogP contribution in [0.1, 0.15) is 44.0 Å². The van der Waals surface area contributed by atoms with Crippen LogP contribution in [0.25, 0.3) is 0 Å². The van der Waals surface area contributed by atoms with Gasteiger partial charge in [0.2, 0.25) is 0 Å². The van der Waals surface area contributed by atoms with E-state index in [1.807, 2.05) is 0 Å². The molecule has 0 bridgehead atoms. The summed E-state index contributed by atoms with van der Waals surface area (Å²) in [7, 11) is 2.10. The summed E-state index contributed by atoms with van der Waals surface area (Å²) in [6.45, 7) is 8.96. The van der Waals surface area contributed by atoms with Gasteiger partial charge in [-0.05, 0) is 52.4 Å². The van der Waals surface area contributed by atoms with Gasteiger partial charge in [0.15, 0.2) is 0 Å². The standard InChI is InChI=1S/C16H28N4O/c1-5-8-17-15-12-14(7-10-18-15)16(21)19-9-6-11-20(4)13(2)3/h7,10,12-13H,5-6,8-9,11H2,1-4H3,(H,17,18)(H,19,21). The smallest absolute Gasteiger partial charge is 0.251 e. The van der Waals surface area contributed by atoms with E-state index in [4.69, 9.17) is 0 Å². The molecule has 0 spiro atoms. The molecule has 0 aromatic carbocycles. The van der Waals surface area contributed by atoms with Crippen LogP contribution >= 0.6 is 0 Å². The highest BCUT2D eigenvalue weighted by Gasteiger charge is 2.07. The number of nitrogens with one attached hydrogen (secondary N) is 2. The number of carbonyl (C=O) groups excluding carboxylic acids is 1. The first-order valence-corrected chi connectivity index (χ1v) is 7.73. The molecule has 0 aliphatic carbocycles. The van der Waals surface area contributed by atoms with Crippen LogP contribution in [-0.4, -0.2) is 48.5 Å². The molecular weight excluding hydrogens is 264 g/mol. The highest BCUT2D eigenvalue weighted by molar-refractivity contribution is 5.94. The molecule has 5 nitrogen and oxygen atoms in total. The summed E-state index contributed by atoms with van der Waals surface area (Å²) >= 11 is 0. The predicted molar refractivity (Wildman–Crippen MR) is 87.7 cm³/mol. The van der Waals surface area contributed by atoms with Gasteiger partial charge in [-0.1, -0.05) is 6.92 Å². The monoisotopic (exact) mass is 292 g/mol. The molecule has 0 radical (unpaired) electrons. The molecule has 0 atom stereocenters. The van der Waals surface area contributed by atoms with E-state index in [1.165, 1.54) is 0 Å². The number of aromatic nitrogens is 1. The van der Waals surface area contributed by atoms with Crippen molar-refractivity contribution in [2.75, 3.05) is 32.0 Å². The summed E-state index contributed by atoms with van der Waals surface area (Å²) in [6, 6.07) is 4.07. The average molecular weight is 292 g/mol. The molecule has 0 saturated carbocycles. The molecule has 0 fully saturated rings. The maximum atomic E-state index is 12.1. The SMILES string of the molecule is CCCNc1cc(C(=O)NCCCN(C)C(C)C)ccn1. The van der Waals surface area contributed by atoms with Crippen molar-refractivity contribution < 1.29 is 4.79 Å². The van der Waals surface area contributed by atoms with Crippen molar-refractivity contribution in [2.45, 2.75) is 39.7 Å². The first kappa shape index (κ1) is 17.4. The Balaban J connectivity index is 2.38. The summed E-state index contributed by atoms with van der Waals surface area (Å²) in [5.41, 5.74) is 0.654. The lowest BCUT2D eigenvalue weighted by molar-refractivity contribution is 0.0951. The molecule has 1 heterocycles. The van der Waals surface area contributed by atoms with Crippen LogP contribution in [0.5, 0.6) is 0 Å². The lowest BCUT2D eigenvalue weighted by atomic mass is 10.2. The molecular formula is C16H28N4O. The highest BCUT2D eigenvalue weighted by Crippen LogP contribution is 2.06. The maximum absolute atomic E-state index is 12.1. The van der Waals surface area contributed by atoms with Crippen molar-refractivity contribution in [3.8, 4) is 0 Å². The van der Waals surface area contributed by atoms with Gasteiger partial charge in [0.25, 0.3) is 5.91 Å². The van der Waals surface area contributed by atoms with Crippen molar-refractivity contribution >= 4 is 11.7 Å². The summed E-state index contributed by atoms with van der Waals surface area (Å²) in [5, 5.41) is 6.14. The zero-order valence-corrected chi connectivity index (χ0v) is 13.6. The van der Waals surface area contributed by atoms with Gasteiger partial charge in [0.05, 0.1) is 0 Å². The minimum absolute atomic E-state index is 0.0378. The van der Waals surface area contributed by atoms with Gasteiger partial charge < -0.3 is 15.5 Å². The Labute approximate surface area is 128 Å². The maximum Gasteiger partial charge on any atom is 0.251 e.